The lowest BCUT2D eigenvalue weighted by Gasteiger charge is -2.05. The van der Waals surface area contributed by atoms with Crippen LogP contribution in [0.1, 0.15) is 11.1 Å². The number of amides is 1. The van der Waals surface area contributed by atoms with Gasteiger partial charge in [-0.2, -0.15) is 5.10 Å². The Bertz CT molecular complexity index is 638. The summed E-state index contributed by atoms with van der Waals surface area (Å²) in [5, 5.41) is 6.70. The van der Waals surface area contributed by atoms with E-state index in [4.69, 9.17) is 0 Å². The fourth-order valence-electron chi connectivity index (χ4n) is 1.65. The number of rotatable bonds is 5. The number of aryl methyl sites for hydroxylation is 1. The van der Waals surface area contributed by atoms with Gasteiger partial charge in [0.15, 0.2) is 0 Å². The topological polar surface area (TPSA) is 53.5 Å². The highest BCUT2D eigenvalue weighted by molar-refractivity contribution is 5.84. The predicted molar refractivity (Wildman–Crippen MR) is 81.8 cm³/mol. The molecule has 108 valence electrons. The highest BCUT2D eigenvalue weighted by atomic mass is 19.1. The molecule has 2 aromatic carbocycles. The first-order valence-electron chi connectivity index (χ1n) is 6.52. The van der Waals surface area contributed by atoms with Crippen LogP contribution in [0.15, 0.2) is 53.6 Å². The highest BCUT2D eigenvalue weighted by Gasteiger charge is 2.00. The van der Waals surface area contributed by atoms with Crippen molar-refractivity contribution in [2.75, 3.05) is 11.9 Å². The summed E-state index contributed by atoms with van der Waals surface area (Å²) >= 11 is 0. The maximum absolute atomic E-state index is 13.3. The number of nitrogens with zero attached hydrogens (tertiary/aromatic N) is 1. The summed E-state index contributed by atoms with van der Waals surface area (Å²) in [4.78, 5) is 11.6. The van der Waals surface area contributed by atoms with Crippen molar-refractivity contribution in [1.29, 1.82) is 0 Å². The smallest absolute Gasteiger partial charge is 0.259 e. The molecule has 21 heavy (non-hydrogen) atoms. The van der Waals surface area contributed by atoms with Crippen LogP contribution >= 0.6 is 0 Å². The van der Waals surface area contributed by atoms with Crippen molar-refractivity contribution in [2.45, 2.75) is 6.92 Å². The summed E-state index contributed by atoms with van der Waals surface area (Å²) < 4.78 is 13.3. The second-order valence-corrected chi connectivity index (χ2v) is 4.53. The molecule has 0 atom stereocenters. The molecule has 0 saturated carbocycles. The number of halogens is 1. The lowest BCUT2D eigenvalue weighted by molar-refractivity contribution is -0.119. The van der Waals surface area contributed by atoms with E-state index >= 15 is 0 Å². The molecule has 4 nitrogen and oxygen atoms in total. The van der Waals surface area contributed by atoms with Crippen LogP contribution in [0.25, 0.3) is 0 Å². The Balaban J connectivity index is 1.80. The molecule has 0 unspecified atom stereocenters. The number of carbonyl (C=O) groups excluding carboxylic acids is 1. The van der Waals surface area contributed by atoms with Crippen LogP contribution in [0, 0.1) is 12.7 Å². The van der Waals surface area contributed by atoms with Gasteiger partial charge in [0.25, 0.3) is 5.91 Å². The maximum Gasteiger partial charge on any atom is 0.259 e. The SMILES string of the molecule is Cc1ccc(NCC(=O)N/N=C/c2ccccc2F)cc1. The van der Waals surface area contributed by atoms with E-state index in [-0.39, 0.29) is 18.3 Å². The van der Waals surface area contributed by atoms with Gasteiger partial charge >= 0.3 is 0 Å². The molecule has 0 aliphatic carbocycles. The largest absolute Gasteiger partial charge is 0.376 e. The molecule has 0 spiro atoms. The van der Waals surface area contributed by atoms with Crippen LogP contribution in [-0.4, -0.2) is 18.7 Å². The van der Waals surface area contributed by atoms with Gasteiger partial charge in [-0.25, -0.2) is 9.82 Å². The first-order valence-corrected chi connectivity index (χ1v) is 6.52. The zero-order valence-electron chi connectivity index (χ0n) is 11.6. The molecule has 0 aromatic heterocycles. The molecule has 0 bridgehead atoms. The van der Waals surface area contributed by atoms with Gasteiger partial charge in [0.2, 0.25) is 0 Å². The Morgan fingerprint density at radius 2 is 1.90 bits per heavy atom. The Morgan fingerprint density at radius 3 is 2.62 bits per heavy atom. The molecule has 0 radical (unpaired) electrons. The fourth-order valence-corrected chi connectivity index (χ4v) is 1.65. The Hall–Kier alpha value is -2.69. The van der Waals surface area contributed by atoms with E-state index in [9.17, 15) is 9.18 Å². The van der Waals surface area contributed by atoms with Gasteiger partial charge in [-0.1, -0.05) is 35.9 Å². The van der Waals surface area contributed by atoms with Gasteiger partial charge in [-0.3, -0.25) is 4.79 Å². The summed E-state index contributed by atoms with van der Waals surface area (Å²) in [6.07, 6.45) is 1.28. The number of hydrogen-bond acceptors (Lipinski definition) is 3. The Kier molecular flexibility index (Phi) is 5.04. The van der Waals surface area contributed by atoms with E-state index < -0.39 is 0 Å². The van der Waals surface area contributed by atoms with E-state index in [1.165, 1.54) is 12.3 Å². The summed E-state index contributed by atoms with van der Waals surface area (Å²) in [6, 6.07) is 13.9. The molecule has 2 rings (SSSR count). The van der Waals surface area contributed by atoms with Gasteiger partial charge in [0.05, 0.1) is 12.8 Å². The van der Waals surface area contributed by atoms with Crippen LogP contribution in [0.3, 0.4) is 0 Å². The zero-order chi connectivity index (χ0) is 15.1. The van der Waals surface area contributed by atoms with Gasteiger partial charge in [0.1, 0.15) is 5.82 Å². The second kappa shape index (κ2) is 7.19. The number of carbonyl (C=O) groups is 1. The van der Waals surface area contributed by atoms with E-state index in [1.807, 2.05) is 31.2 Å². The molecule has 2 aromatic rings. The van der Waals surface area contributed by atoms with Crippen molar-refractivity contribution in [1.82, 2.24) is 5.43 Å². The van der Waals surface area contributed by atoms with E-state index in [0.717, 1.165) is 11.3 Å². The van der Waals surface area contributed by atoms with Gasteiger partial charge in [-0.15, -0.1) is 0 Å². The van der Waals surface area contributed by atoms with Crippen LogP contribution < -0.4 is 10.7 Å². The number of benzene rings is 2. The number of nitrogens with one attached hydrogen (secondary N) is 2. The molecule has 0 heterocycles. The average molecular weight is 285 g/mol. The summed E-state index contributed by atoms with van der Waals surface area (Å²) in [7, 11) is 0. The number of anilines is 1. The Morgan fingerprint density at radius 1 is 1.19 bits per heavy atom. The normalized spacial score (nSPS) is 10.6. The van der Waals surface area contributed by atoms with Crippen LogP contribution in [-0.2, 0) is 4.79 Å². The maximum atomic E-state index is 13.3. The first kappa shape index (κ1) is 14.7. The quantitative estimate of drug-likeness (QED) is 0.655. The first-order chi connectivity index (χ1) is 10.1. The van der Waals surface area contributed by atoms with Gasteiger partial charge in [0, 0.05) is 11.3 Å². The predicted octanol–water partition coefficient (Wildman–Crippen LogP) is 2.70. The standard InChI is InChI=1S/C16H16FN3O/c1-12-6-8-14(9-7-12)18-11-16(21)20-19-10-13-4-2-3-5-15(13)17/h2-10,18H,11H2,1H3,(H,20,21)/b19-10+. The second-order valence-electron chi connectivity index (χ2n) is 4.53. The molecule has 0 fully saturated rings. The molecular formula is C16H16FN3O. The molecule has 0 saturated heterocycles. The molecule has 5 heteroatoms. The minimum absolute atomic E-state index is 0.0949. The summed E-state index contributed by atoms with van der Waals surface area (Å²) in [5.41, 5.74) is 4.67. The molecule has 1 amide bonds. The lowest BCUT2D eigenvalue weighted by atomic mass is 10.2. The third-order valence-electron chi connectivity index (χ3n) is 2.80. The van der Waals surface area contributed by atoms with E-state index in [1.54, 1.807) is 18.2 Å². The van der Waals surface area contributed by atoms with Crippen molar-refractivity contribution in [3.8, 4) is 0 Å². The summed E-state index contributed by atoms with van der Waals surface area (Å²) in [6.45, 7) is 2.09. The number of hydrazone groups is 1. The lowest BCUT2D eigenvalue weighted by Crippen LogP contribution is -2.25. The van der Waals surface area contributed by atoms with Crippen molar-refractivity contribution >= 4 is 17.8 Å². The summed E-state index contributed by atoms with van der Waals surface area (Å²) in [5.74, 6) is -0.684. The van der Waals surface area contributed by atoms with Crippen LogP contribution in [0.4, 0.5) is 10.1 Å². The number of hydrogen-bond donors (Lipinski definition) is 2. The highest BCUT2D eigenvalue weighted by Crippen LogP contribution is 2.07. The van der Waals surface area contributed by atoms with E-state index in [0.29, 0.717) is 5.56 Å². The van der Waals surface area contributed by atoms with Crippen molar-refractivity contribution in [3.63, 3.8) is 0 Å². The average Bonchev–Trinajstić information content (AvgIpc) is 2.49. The molecule has 0 aliphatic rings. The van der Waals surface area contributed by atoms with Crippen LogP contribution in [0.2, 0.25) is 0 Å². The van der Waals surface area contributed by atoms with Crippen LogP contribution in [0.5, 0.6) is 0 Å². The molecule has 0 aliphatic heterocycles. The van der Waals surface area contributed by atoms with Crippen molar-refractivity contribution < 1.29 is 9.18 Å². The minimum Gasteiger partial charge on any atom is -0.376 e. The third kappa shape index (κ3) is 4.72. The zero-order valence-corrected chi connectivity index (χ0v) is 11.6. The molecule has 2 N–H and O–H groups in total. The monoisotopic (exact) mass is 285 g/mol. The molecular weight excluding hydrogens is 269 g/mol. The van der Waals surface area contributed by atoms with Gasteiger partial charge in [-0.05, 0) is 25.1 Å². The van der Waals surface area contributed by atoms with Gasteiger partial charge < -0.3 is 5.32 Å². The third-order valence-corrected chi connectivity index (χ3v) is 2.80. The van der Waals surface area contributed by atoms with Crippen molar-refractivity contribution in [2.24, 2.45) is 5.10 Å². The fraction of sp³-hybridized carbons (Fsp3) is 0.125. The minimum atomic E-state index is -0.381. The van der Waals surface area contributed by atoms with Crippen molar-refractivity contribution in [3.05, 3.63) is 65.5 Å². The Labute approximate surface area is 122 Å². The van der Waals surface area contributed by atoms with E-state index in [2.05, 4.69) is 15.8 Å².